The summed E-state index contributed by atoms with van der Waals surface area (Å²) in [5, 5.41) is 0.503. The molecule has 0 saturated carbocycles. The largest absolute Gasteiger partial charge is 0.343 e. The number of rotatable bonds is 13. The average Bonchev–Trinajstić information content (AvgIpc) is 2.82. The van der Waals surface area contributed by atoms with Crippen molar-refractivity contribution in [2.75, 3.05) is 6.16 Å². The maximum atomic E-state index is 7.05. The zero-order valence-electron chi connectivity index (χ0n) is 31.7. The Balaban J connectivity index is 1.61. The minimum Gasteiger partial charge on any atom is -0.343 e. The molecular weight excluding hydrogens is 590 g/mol. The van der Waals surface area contributed by atoms with Gasteiger partial charge in [-0.15, -0.1) is 9.24 Å². The lowest BCUT2D eigenvalue weighted by atomic mass is 9.51. The lowest BCUT2D eigenvalue weighted by molar-refractivity contribution is -0.531. The summed E-state index contributed by atoms with van der Waals surface area (Å²) in [4.78, 5) is 0. The fourth-order valence-corrected chi connectivity index (χ4v) is 14.6. The zero-order chi connectivity index (χ0) is 33.7. The molecule has 258 valence electrons. The third-order valence-corrected chi connectivity index (χ3v) is 15.7. The van der Waals surface area contributed by atoms with Crippen molar-refractivity contribution in [1.29, 1.82) is 0 Å². The summed E-state index contributed by atoms with van der Waals surface area (Å²) in [5.74, 6) is -1.23. The summed E-state index contributed by atoms with van der Waals surface area (Å²) in [5.41, 5.74) is 3.89. The van der Waals surface area contributed by atoms with Crippen molar-refractivity contribution in [3.8, 4) is 0 Å². The van der Waals surface area contributed by atoms with Crippen LogP contribution in [-0.2, 0) is 32.2 Å². The maximum absolute atomic E-state index is 7.05. The highest BCUT2D eigenvalue weighted by Crippen LogP contribution is 2.69. The van der Waals surface area contributed by atoms with Crippen molar-refractivity contribution < 1.29 is 14.2 Å². The van der Waals surface area contributed by atoms with Gasteiger partial charge >= 0.3 is 0 Å². The summed E-state index contributed by atoms with van der Waals surface area (Å²) < 4.78 is 20.6. The number of hydrogen-bond acceptors (Lipinski definition) is 3. The molecule has 5 rings (SSSR count). The highest BCUT2D eigenvalue weighted by Gasteiger charge is 2.77. The number of aryl methyl sites for hydroxylation is 1. The zero-order valence-corrected chi connectivity index (χ0v) is 33.7. The molecule has 0 aromatic heterocycles. The standard InChI is InChI=1S/C40H70O3P2/c1-33(2,3)24-20-18-16-14-15-17-19-21-30-22-23-32(31(25-30)26-45(34(4,5)6)35(7,8)9)40(29-44)36(10)27-38(12)42-37(40,11)28-39(13,41-36)43-38/h22-23,25H,14-21,24,26-29,44H2,1-13H3. The van der Waals surface area contributed by atoms with Crippen molar-refractivity contribution in [2.45, 2.75) is 205 Å². The van der Waals surface area contributed by atoms with Gasteiger partial charge < -0.3 is 14.2 Å². The SMILES string of the molecule is CC(C)(C)CCCCCCCCCc1ccc(C2(CP)C3(C)CC4(C)OC(C)(CC2(C)O4)O3)c(CP(C(C)(C)C)C(C)(C)C)c1. The normalized spacial score (nSPS) is 33.4. The molecule has 1 aromatic rings. The summed E-state index contributed by atoms with van der Waals surface area (Å²) in [7, 11) is 2.82. The first kappa shape index (κ1) is 37.8. The van der Waals surface area contributed by atoms with E-state index < -0.39 is 22.8 Å². The predicted octanol–water partition coefficient (Wildman–Crippen LogP) is 11.9. The van der Waals surface area contributed by atoms with E-state index in [0.29, 0.717) is 5.41 Å². The van der Waals surface area contributed by atoms with Gasteiger partial charge in [-0.1, -0.05) is 127 Å². The lowest BCUT2D eigenvalue weighted by Gasteiger charge is -2.74. The van der Waals surface area contributed by atoms with Crippen LogP contribution < -0.4 is 0 Å². The molecule has 0 amide bonds. The molecule has 5 unspecified atom stereocenters. The van der Waals surface area contributed by atoms with E-state index in [0.717, 1.165) is 25.2 Å². The minimum atomic E-state index is -0.617. The minimum absolute atomic E-state index is 0.252. The molecule has 4 aliphatic heterocycles. The fourth-order valence-electron chi connectivity index (χ4n) is 9.91. The first-order chi connectivity index (χ1) is 20.5. The molecule has 0 spiro atoms. The molecule has 0 radical (unpaired) electrons. The topological polar surface area (TPSA) is 27.7 Å². The van der Waals surface area contributed by atoms with Crippen LogP contribution in [0.15, 0.2) is 18.2 Å². The monoisotopic (exact) mass is 660 g/mol. The lowest BCUT2D eigenvalue weighted by Crippen LogP contribution is -2.84. The average molecular weight is 661 g/mol. The Morgan fingerprint density at radius 1 is 0.689 bits per heavy atom. The molecular formula is C40H70O3P2. The van der Waals surface area contributed by atoms with E-state index in [4.69, 9.17) is 14.2 Å². The van der Waals surface area contributed by atoms with Crippen LogP contribution in [-0.4, -0.2) is 39.3 Å². The number of unbranched alkanes of at least 4 members (excludes halogenated alkanes) is 6. The molecule has 5 atom stereocenters. The molecule has 1 aromatic carbocycles. The van der Waals surface area contributed by atoms with Crippen LogP contribution in [0.25, 0.3) is 0 Å². The van der Waals surface area contributed by atoms with Gasteiger partial charge in [-0.2, -0.15) is 0 Å². The van der Waals surface area contributed by atoms with E-state index in [2.05, 4.69) is 117 Å². The molecule has 4 heterocycles. The van der Waals surface area contributed by atoms with E-state index >= 15 is 0 Å². The Hall–Kier alpha value is -0.0400. The van der Waals surface area contributed by atoms with Gasteiger partial charge in [-0.25, -0.2) is 0 Å². The fraction of sp³-hybridized carbons (Fsp3) is 0.850. The second-order valence-corrected chi connectivity index (χ2v) is 23.2. The smallest absolute Gasteiger partial charge is 0.172 e. The second-order valence-electron chi connectivity index (χ2n) is 19.0. The molecule has 5 heteroatoms. The molecule has 4 aliphatic rings. The molecule has 4 saturated heterocycles. The molecule has 4 fully saturated rings. The summed E-state index contributed by atoms with van der Waals surface area (Å²) >= 11 is 0. The Bertz CT molecular complexity index is 1110. The van der Waals surface area contributed by atoms with Crippen LogP contribution in [0.1, 0.15) is 171 Å². The first-order valence-corrected chi connectivity index (χ1v) is 20.6. The number of hydrogen-bond donors (Lipinski definition) is 0. The Kier molecular flexibility index (Phi) is 10.9. The van der Waals surface area contributed by atoms with Gasteiger partial charge in [-0.05, 0) is 91.7 Å². The highest BCUT2D eigenvalue weighted by molar-refractivity contribution is 7.60. The quantitative estimate of drug-likeness (QED) is 0.156. The summed E-state index contributed by atoms with van der Waals surface area (Å²) in [6.07, 6.45) is 15.5. The molecule has 0 aliphatic carbocycles. The number of ether oxygens (including phenoxy) is 3. The third-order valence-electron chi connectivity index (χ3n) is 11.2. The van der Waals surface area contributed by atoms with Gasteiger partial charge in [0.15, 0.2) is 11.6 Å². The van der Waals surface area contributed by atoms with Crippen molar-refractivity contribution in [1.82, 2.24) is 0 Å². The Morgan fingerprint density at radius 3 is 1.64 bits per heavy atom. The van der Waals surface area contributed by atoms with E-state index in [1.54, 1.807) is 0 Å². The van der Waals surface area contributed by atoms with Crippen molar-refractivity contribution >= 4 is 17.2 Å². The van der Waals surface area contributed by atoms with Gasteiger partial charge in [0.05, 0.1) is 16.6 Å². The van der Waals surface area contributed by atoms with Crippen molar-refractivity contribution in [3.63, 3.8) is 0 Å². The summed E-state index contributed by atoms with van der Waals surface area (Å²) in [6, 6.07) is 7.55. The van der Waals surface area contributed by atoms with Crippen LogP contribution >= 0.6 is 17.2 Å². The molecule has 4 bridgehead atoms. The van der Waals surface area contributed by atoms with Crippen LogP contribution in [0.3, 0.4) is 0 Å². The van der Waals surface area contributed by atoms with Gasteiger partial charge in [0.25, 0.3) is 0 Å². The van der Waals surface area contributed by atoms with Gasteiger partial charge in [-0.3, -0.25) is 0 Å². The first-order valence-electron chi connectivity index (χ1n) is 18.2. The predicted molar refractivity (Wildman–Crippen MR) is 199 cm³/mol. The van der Waals surface area contributed by atoms with Crippen molar-refractivity contribution in [3.05, 3.63) is 34.9 Å². The molecule has 0 N–H and O–H groups in total. The van der Waals surface area contributed by atoms with E-state index in [-0.39, 0.29) is 23.6 Å². The van der Waals surface area contributed by atoms with E-state index in [1.807, 2.05) is 0 Å². The van der Waals surface area contributed by atoms with E-state index in [1.165, 1.54) is 74.5 Å². The molecule has 45 heavy (non-hydrogen) atoms. The Morgan fingerprint density at radius 2 is 1.18 bits per heavy atom. The van der Waals surface area contributed by atoms with Crippen molar-refractivity contribution in [2.24, 2.45) is 5.41 Å². The second kappa shape index (κ2) is 13.0. The Labute approximate surface area is 282 Å². The third kappa shape index (κ3) is 7.90. The van der Waals surface area contributed by atoms with Gasteiger partial charge in [0.1, 0.15) is 0 Å². The number of benzene rings is 1. The van der Waals surface area contributed by atoms with Crippen LogP contribution in [0.4, 0.5) is 0 Å². The van der Waals surface area contributed by atoms with Crippen LogP contribution in [0.2, 0.25) is 0 Å². The maximum Gasteiger partial charge on any atom is 0.172 e. The van der Waals surface area contributed by atoms with Crippen LogP contribution in [0.5, 0.6) is 0 Å². The van der Waals surface area contributed by atoms with Crippen LogP contribution in [0, 0.1) is 5.41 Å². The van der Waals surface area contributed by atoms with Gasteiger partial charge in [0, 0.05) is 12.8 Å². The molecule has 3 nitrogen and oxygen atoms in total. The summed E-state index contributed by atoms with van der Waals surface area (Å²) in [6.45, 7) is 30.8. The van der Waals surface area contributed by atoms with Gasteiger partial charge in [0.2, 0.25) is 0 Å². The highest BCUT2D eigenvalue weighted by atomic mass is 31.1. The van der Waals surface area contributed by atoms with E-state index in [9.17, 15) is 0 Å².